The molecule has 4 heteroatoms. The molecule has 0 amide bonds. The molecule has 0 bridgehead atoms. The third-order valence-electron chi connectivity index (χ3n) is 6.99. The number of ether oxygens (including phenoxy) is 1. The number of aryl methyl sites for hydroxylation is 1. The first-order chi connectivity index (χ1) is 14.8. The van der Waals surface area contributed by atoms with E-state index in [-0.39, 0.29) is 5.56 Å². The molecule has 4 nitrogen and oxygen atoms in total. The summed E-state index contributed by atoms with van der Waals surface area (Å²) in [6.45, 7) is 3.81. The van der Waals surface area contributed by atoms with Crippen LogP contribution in [0.3, 0.4) is 0 Å². The summed E-state index contributed by atoms with van der Waals surface area (Å²) < 4.78 is 6.27. The highest BCUT2D eigenvalue weighted by Crippen LogP contribution is 2.28. The van der Waals surface area contributed by atoms with Gasteiger partial charge in [-0.3, -0.25) is 9.69 Å². The molecule has 0 radical (unpaired) electrons. The van der Waals surface area contributed by atoms with Gasteiger partial charge in [-0.25, -0.2) is 0 Å². The Hall–Kier alpha value is -2.07. The van der Waals surface area contributed by atoms with Crippen LogP contribution in [0.4, 0.5) is 0 Å². The number of H-pyrrole nitrogens is 1. The predicted octanol–water partition coefficient (Wildman–Crippen LogP) is 5.18. The van der Waals surface area contributed by atoms with Gasteiger partial charge in [-0.1, -0.05) is 43.5 Å². The van der Waals surface area contributed by atoms with Gasteiger partial charge in [0.05, 0.1) is 6.61 Å². The van der Waals surface area contributed by atoms with Crippen LogP contribution in [0.2, 0.25) is 0 Å². The van der Waals surface area contributed by atoms with E-state index in [0.717, 1.165) is 55.8 Å². The fourth-order valence-corrected chi connectivity index (χ4v) is 5.03. The molecular weight excluding hydrogens is 372 g/mol. The van der Waals surface area contributed by atoms with Crippen LogP contribution in [0.15, 0.2) is 47.4 Å². The quantitative estimate of drug-likeness (QED) is 0.655. The molecule has 2 aliphatic rings. The number of pyridine rings is 1. The van der Waals surface area contributed by atoms with Gasteiger partial charge in [0.1, 0.15) is 5.75 Å². The molecular formula is C26H36N2O2. The Morgan fingerprint density at radius 1 is 0.900 bits per heavy atom. The van der Waals surface area contributed by atoms with E-state index in [1.54, 1.807) is 6.20 Å². The number of para-hydroxylation sites is 1. The summed E-state index contributed by atoms with van der Waals surface area (Å²) in [6, 6.07) is 12.5. The Balaban J connectivity index is 1.22. The molecule has 2 aromatic rings. The van der Waals surface area contributed by atoms with Crippen molar-refractivity contribution in [3.05, 3.63) is 64.1 Å². The summed E-state index contributed by atoms with van der Waals surface area (Å²) in [6.07, 6.45) is 13.3. The average Bonchev–Trinajstić information content (AvgIpc) is 2.80. The van der Waals surface area contributed by atoms with Crippen molar-refractivity contribution in [2.45, 2.75) is 64.3 Å². The van der Waals surface area contributed by atoms with Crippen LogP contribution < -0.4 is 10.3 Å². The normalized spacial score (nSPS) is 19.1. The van der Waals surface area contributed by atoms with Gasteiger partial charge in [0.25, 0.3) is 5.56 Å². The van der Waals surface area contributed by atoms with Crippen LogP contribution in [0, 0.1) is 11.8 Å². The van der Waals surface area contributed by atoms with Gasteiger partial charge < -0.3 is 9.72 Å². The molecule has 1 N–H and O–H groups in total. The number of aromatic nitrogens is 1. The highest BCUT2D eigenvalue weighted by molar-refractivity contribution is 5.33. The van der Waals surface area contributed by atoms with Gasteiger partial charge in [-0.05, 0) is 81.1 Å². The number of likely N-dealkylation sites (tertiary alicyclic amines) is 1. The highest BCUT2D eigenvalue weighted by Gasteiger charge is 2.20. The van der Waals surface area contributed by atoms with Crippen LogP contribution in [0.5, 0.6) is 5.75 Å². The van der Waals surface area contributed by atoms with Gasteiger partial charge in [0.2, 0.25) is 0 Å². The lowest BCUT2D eigenvalue weighted by Crippen LogP contribution is -2.35. The van der Waals surface area contributed by atoms with Crippen LogP contribution in [-0.2, 0) is 13.0 Å². The van der Waals surface area contributed by atoms with Crippen molar-refractivity contribution in [3.63, 3.8) is 0 Å². The predicted molar refractivity (Wildman–Crippen MR) is 122 cm³/mol. The molecule has 30 heavy (non-hydrogen) atoms. The van der Waals surface area contributed by atoms with E-state index in [1.165, 1.54) is 56.9 Å². The molecule has 0 unspecified atom stereocenters. The molecule has 2 heterocycles. The Morgan fingerprint density at radius 2 is 1.67 bits per heavy atom. The third-order valence-corrected chi connectivity index (χ3v) is 6.99. The Bertz CT molecular complexity index is 833. The first-order valence-corrected chi connectivity index (χ1v) is 11.9. The van der Waals surface area contributed by atoms with Crippen LogP contribution in [0.1, 0.15) is 62.5 Å². The smallest absolute Gasteiger partial charge is 0.252 e. The third kappa shape index (κ3) is 5.98. The van der Waals surface area contributed by atoms with Gasteiger partial charge in [-0.2, -0.15) is 0 Å². The largest absolute Gasteiger partial charge is 0.493 e. The maximum atomic E-state index is 11.9. The van der Waals surface area contributed by atoms with Crippen molar-refractivity contribution in [1.29, 1.82) is 0 Å². The molecule has 4 rings (SSSR count). The second-order valence-electron chi connectivity index (χ2n) is 9.21. The molecule has 1 aromatic carbocycles. The molecule has 1 aliphatic carbocycles. The van der Waals surface area contributed by atoms with Crippen molar-refractivity contribution in [2.75, 3.05) is 19.7 Å². The fourth-order valence-electron chi connectivity index (χ4n) is 5.03. The summed E-state index contributed by atoms with van der Waals surface area (Å²) in [5.41, 5.74) is 2.29. The number of aromatic amines is 1. The second-order valence-corrected chi connectivity index (χ2v) is 9.21. The summed E-state index contributed by atoms with van der Waals surface area (Å²) in [7, 11) is 0. The van der Waals surface area contributed by atoms with Crippen LogP contribution in [-0.4, -0.2) is 29.6 Å². The van der Waals surface area contributed by atoms with Crippen LogP contribution >= 0.6 is 0 Å². The molecule has 0 atom stereocenters. The van der Waals surface area contributed by atoms with Gasteiger partial charge in [0.15, 0.2) is 0 Å². The van der Waals surface area contributed by atoms with E-state index < -0.39 is 0 Å². The summed E-state index contributed by atoms with van der Waals surface area (Å²) in [4.78, 5) is 17.1. The summed E-state index contributed by atoms with van der Waals surface area (Å²) >= 11 is 0. The maximum absolute atomic E-state index is 11.9. The van der Waals surface area contributed by atoms with Gasteiger partial charge in [-0.15, -0.1) is 0 Å². The number of nitrogens with zero attached hydrogens (tertiary/aromatic N) is 1. The molecule has 1 aliphatic heterocycles. The van der Waals surface area contributed by atoms with Crippen molar-refractivity contribution in [3.8, 4) is 5.75 Å². The topological polar surface area (TPSA) is 45.3 Å². The minimum absolute atomic E-state index is 0.0458. The number of nitrogens with one attached hydrogen (secondary N) is 1. The zero-order chi connectivity index (χ0) is 20.6. The molecule has 2 fully saturated rings. The zero-order valence-corrected chi connectivity index (χ0v) is 18.2. The second kappa shape index (κ2) is 10.8. The minimum atomic E-state index is 0.0458. The van der Waals surface area contributed by atoms with E-state index in [2.05, 4.69) is 34.1 Å². The number of hydrogen-bond acceptors (Lipinski definition) is 3. The fraction of sp³-hybridized carbons (Fsp3) is 0.577. The molecule has 1 saturated carbocycles. The van der Waals surface area contributed by atoms with E-state index >= 15 is 0 Å². The zero-order valence-electron chi connectivity index (χ0n) is 18.2. The lowest BCUT2D eigenvalue weighted by Gasteiger charge is -2.32. The highest BCUT2D eigenvalue weighted by atomic mass is 16.5. The van der Waals surface area contributed by atoms with E-state index in [0.29, 0.717) is 0 Å². The van der Waals surface area contributed by atoms with E-state index in [4.69, 9.17) is 4.74 Å². The van der Waals surface area contributed by atoms with Gasteiger partial charge >= 0.3 is 0 Å². The lowest BCUT2D eigenvalue weighted by atomic mass is 9.89. The number of hydrogen-bond donors (Lipinski definition) is 1. The monoisotopic (exact) mass is 408 g/mol. The Kier molecular flexibility index (Phi) is 7.63. The standard InChI is InChI=1S/C26H36N2O2/c29-26-24(10-6-16-27-26)19-28-17-14-21(15-18-28)12-13-23-9-4-5-11-25(23)30-20-22-7-2-1-3-8-22/h4-6,9-11,16,21-22H,1-3,7-8,12-15,17-20H2,(H,27,29). The number of benzene rings is 1. The molecule has 1 aromatic heterocycles. The first kappa shape index (κ1) is 21.2. The lowest BCUT2D eigenvalue weighted by molar-refractivity contribution is 0.171. The molecule has 0 spiro atoms. The van der Waals surface area contributed by atoms with E-state index in [9.17, 15) is 4.79 Å². The number of rotatable bonds is 8. The summed E-state index contributed by atoms with van der Waals surface area (Å²) in [5.74, 6) is 2.61. The first-order valence-electron chi connectivity index (χ1n) is 11.9. The average molecular weight is 409 g/mol. The Labute approximate surface area is 180 Å². The van der Waals surface area contributed by atoms with Crippen molar-refractivity contribution in [2.24, 2.45) is 11.8 Å². The van der Waals surface area contributed by atoms with Crippen LogP contribution in [0.25, 0.3) is 0 Å². The minimum Gasteiger partial charge on any atom is -0.493 e. The van der Waals surface area contributed by atoms with Crippen molar-refractivity contribution in [1.82, 2.24) is 9.88 Å². The molecule has 162 valence electrons. The Morgan fingerprint density at radius 3 is 2.47 bits per heavy atom. The van der Waals surface area contributed by atoms with Crippen molar-refractivity contribution < 1.29 is 4.74 Å². The van der Waals surface area contributed by atoms with Crippen molar-refractivity contribution >= 4 is 0 Å². The number of piperidine rings is 1. The van der Waals surface area contributed by atoms with E-state index in [1.807, 2.05) is 12.1 Å². The SMILES string of the molecule is O=c1[nH]cccc1CN1CCC(CCc2ccccc2OCC2CCCCC2)CC1. The molecule has 1 saturated heterocycles. The van der Waals surface area contributed by atoms with Gasteiger partial charge in [0, 0.05) is 18.3 Å². The summed E-state index contributed by atoms with van der Waals surface area (Å²) in [5, 5.41) is 0. The maximum Gasteiger partial charge on any atom is 0.252 e.